The Kier molecular flexibility index (Phi) is 4.46. The first kappa shape index (κ1) is 17.5. The Hall–Kier alpha value is -3.64. The molecule has 0 saturated heterocycles. The molecule has 1 aliphatic rings. The first-order chi connectivity index (χ1) is 14.3. The number of fused-ring (bicyclic) bond motifs is 2. The van der Waals surface area contributed by atoms with Crippen LogP contribution in [0.15, 0.2) is 72.8 Å². The van der Waals surface area contributed by atoms with Crippen LogP contribution in [0.2, 0.25) is 0 Å². The molecular formula is C23H16N2O3S. The van der Waals surface area contributed by atoms with E-state index in [0.29, 0.717) is 17.0 Å². The quantitative estimate of drug-likeness (QED) is 0.526. The van der Waals surface area contributed by atoms with E-state index >= 15 is 0 Å². The fraction of sp³-hybridized carbons (Fsp3) is 0.0435. The summed E-state index contributed by atoms with van der Waals surface area (Å²) >= 11 is 1.54. The van der Waals surface area contributed by atoms with Gasteiger partial charge >= 0.3 is 0 Å². The lowest BCUT2D eigenvalue weighted by atomic mass is 10.1. The molecule has 1 amide bonds. The molecule has 142 valence electrons. The molecular weight excluding hydrogens is 384 g/mol. The van der Waals surface area contributed by atoms with E-state index in [9.17, 15) is 4.79 Å². The van der Waals surface area contributed by atoms with Crippen LogP contribution >= 0.6 is 11.3 Å². The molecule has 5 nitrogen and oxygen atoms in total. The summed E-state index contributed by atoms with van der Waals surface area (Å²) < 4.78 is 11.9. The summed E-state index contributed by atoms with van der Waals surface area (Å²) in [5.74, 6) is 1.23. The minimum absolute atomic E-state index is 0.183. The van der Waals surface area contributed by atoms with Crippen LogP contribution in [-0.4, -0.2) is 17.7 Å². The van der Waals surface area contributed by atoms with Crippen molar-refractivity contribution >= 4 is 39.2 Å². The first-order valence-corrected chi connectivity index (χ1v) is 9.92. The maximum atomic E-state index is 12.8. The van der Waals surface area contributed by atoms with E-state index in [4.69, 9.17) is 14.5 Å². The molecule has 5 rings (SSSR count). The van der Waals surface area contributed by atoms with Gasteiger partial charge in [-0.2, -0.15) is 0 Å². The highest BCUT2D eigenvalue weighted by Gasteiger charge is 2.16. The largest absolute Gasteiger partial charge is 0.454 e. The topological polar surface area (TPSA) is 60.5 Å². The summed E-state index contributed by atoms with van der Waals surface area (Å²) in [6.07, 6.45) is 1.90. The molecule has 0 unspecified atom stereocenters. The van der Waals surface area contributed by atoms with Gasteiger partial charge in [-0.15, -0.1) is 11.3 Å². The van der Waals surface area contributed by atoms with E-state index < -0.39 is 0 Å². The lowest BCUT2D eigenvalue weighted by Crippen LogP contribution is -2.21. The van der Waals surface area contributed by atoms with Crippen LogP contribution in [-0.2, 0) is 0 Å². The Labute approximate surface area is 171 Å². The molecule has 0 atom stereocenters. The molecule has 29 heavy (non-hydrogen) atoms. The Balaban J connectivity index is 1.55. The zero-order valence-corrected chi connectivity index (χ0v) is 16.1. The minimum atomic E-state index is -0.183. The molecule has 6 heteroatoms. The summed E-state index contributed by atoms with van der Waals surface area (Å²) in [7, 11) is 0. The maximum absolute atomic E-state index is 12.8. The van der Waals surface area contributed by atoms with Crippen LogP contribution < -0.4 is 14.8 Å². The standard InChI is InChI=1S/C23H16N2O3S/c26-22(16-6-2-1-3-7-16)24-18(23-25-17-8-4-5-9-21(17)29-23)12-15-10-11-19-20(13-15)28-14-27-19/h1-13H,14H2,(H,24,26)/b18-12+. The van der Waals surface area contributed by atoms with E-state index in [-0.39, 0.29) is 12.7 Å². The van der Waals surface area contributed by atoms with Gasteiger partial charge in [0.2, 0.25) is 6.79 Å². The van der Waals surface area contributed by atoms with Crippen LogP contribution in [0.4, 0.5) is 0 Å². The van der Waals surface area contributed by atoms with Gasteiger partial charge in [0, 0.05) is 5.56 Å². The summed E-state index contributed by atoms with van der Waals surface area (Å²) in [6, 6.07) is 22.7. The molecule has 4 aromatic rings. The summed E-state index contributed by atoms with van der Waals surface area (Å²) in [6.45, 7) is 0.220. The number of hydrogen-bond acceptors (Lipinski definition) is 5. The molecule has 3 aromatic carbocycles. The monoisotopic (exact) mass is 400 g/mol. The van der Waals surface area contributed by atoms with Gasteiger partial charge in [0.05, 0.1) is 15.9 Å². The number of carbonyl (C=O) groups is 1. The predicted octanol–water partition coefficient (Wildman–Crippen LogP) is 4.95. The highest BCUT2D eigenvalue weighted by molar-refractivity contribution is 7.19. The van der Waals surface area contributed by atoms with Gasteiger partial charge in [-0.3, -0.25) is 4.79 Å². The number of carbonyl (C=O) groups excluding carboxylic acids is 1. The Morgan fingerprint density at radius 1 is 0.966 bits per heavy atom. The van der Waals surface area contributed by atoms with E-state index in [2.05, 4.69) is 5.32 Å². The normalized spacial score (nSPS) is 12.9. The molecule has 0 fully saturated rings. The van der Waals surface area contributed by atoms with E-state index in [1.54, 1.807) is 12.1 Å². The Morgan fingerprint density at radius 2 is 1.76 bits per heavy atom. The number of hydrogen-bond donors (Lipinski definition) is 1. The second-order valence-corrected chi connectivity index (χ2v) is 7.51. The number of nitrogens with zero attached hydrogens (tertiary/aromatic N) is 1. The molecule has 0 bridgehead atoms. The van der Waals surface area contributed by atoms with Gasteiger partial charge in [-0.05, 0) is 48.0 Å². The lowest BCUT2D eigenvalue weighted by Gasteiger charge is -2.08. The van der Waals surface area contributed by atoms with E-state index in [0.717, 1.165) is 26.5 Å². The first-order valence-electron chi connectivity index (χ1n) is 9.10. The summed E-state index contributed by atoms with van der Waals surface area (Å²) in [5, 5.41) is 3.77. The van der Waals surface area contributed by atoms with Crippen LogP contribution in [0.25, 0.3) is 22.0 Å². The van der Waals surface area contributed by atoms with Crippen LogP contribution in [0.1, 0.15) is 20.9 Å². The maximum Gasteiger partial charge on any atom is 0.255 e. The van der Waals surface area contributed by atoms with Gasteiger partial charge in [0.15, 0.2) is 11.5 Å². The molecule has 1 N–H and O–H groups in total. The highest BCUT2D eigenvalue weighted by Crippen LogP contribution is 2.34. The van der Waals surface area contributed by atoms with Gasteiger partial charge in [-0.25, -0.2) is 4.98 Å². The number of thiazole rings is 1. The van der Waals surface area contributed by atoms with Crippen molar-refractivity contribution in [3.8, 4) is 11.5 Å². The van der Waals surface area contributed by atoms with Gasteiger partial charge < -0.3 is 14.8 Å². The van der Waals surface area contributed by atoms with Gasteiger partial charge in [0.1, 0.15) is 5.01 Å². The van der Waals surface area contributed by atoms with Crippen molar-refractivity contribution in [1.29, 1.82) is 0 Å². The van der Waals surface area contributed by atoms with Gasteiger partial charge in [-0.1, -0.05) is 36.4 Å². The second-order valence-electron chi connectivity index (χ2n) is 6.48. The zero-order chi connectivity index (χ0) is 19.6. The average molecular weight is 400 g/mol. The van der Waals surface area contributed by atoms with Crippen molar-refractivity contribution in [2.75, 3.05) is 6.79 Å². The molecule has 0 saturated carbocycles. The number of ether oxygens (including phenoxy) is 2. The molecule has 1 aliphatic heterocycles. The summed E-state index contributed by atoms with van der Waals surface area (Å²) in [5.41, 5.74) is 3.01. The Morgan fingerprint density at radius 3 is 2.62 bits per heavy atom. The predicted molar refractivity (Wildman–Crippen MR) is 114 cm³/mol. The van der Waals surface area contributed by atoms with Crippen LogP contribution in [0.5, 0.6) is 11.5 Å². The molecule has 1 aromatic heterocycles. The SMILES string of the molecule is O=C(N/C(=C/c1ccc2c(c1)OCO2)c1nc2ccccc2s1)c1ccccc1. The van der Waals surface area contributed by atoms with Crippen molar-refractivity contribution in [3.63, 3.8) is 0 Å². The number of nitrogens with one attached hydrogen (secondary N) is 1. The average Bonchev–Trinajstić information content (AvgIpc) is 3.40. The zero-order valence-electron chi connectivity index (χ0n) is 15.3. The van der Waals surface area contributed by atoms with Gasteiger partial charge in [0.25, 0.3) is 5.91 Å². The lowest BCUT2D eigenvalue weighted by molar-refractivity contribution is 0.0974. The molecule has 2 heterocycles. The minimum Gasteiger partial charge on any atom is -0.454 e. The van der Waals surface area contributed by atoms with Crippen molar-refractivity contribution in [2.45, 2.75) is 0 Å². The third kappa shape index (κ3) is 3.58. The number of aromatic nitrogens is 1. The number of rotatable bonds is 4. The number of para-hydroxylation sites is 1. The van der Waals surface area contributed by atoms with Crippen molar-refractivity contribution in [1.82, 2.24) is 10.3 Å². The third-order valence-corrected chi connectivity index (χ3v) is 5.59. The van der Waals surface area contributed by atoms with Crippen molar-refractivity contribution < 1.29 is 14.3 Å². The van der Waals surface area contributed by atoms with Crippen LogP contribution in [0.3, 0.4) is 0 Å². The number of amides is 1. The second kappa shape index (κ2) is 7.41. The van der Waals surface area contributed by atoms with E-state index in [1.165, 1.54) is 11.3 Å². The molecule has 0 radical (unpaired) electrons. The summed E-state index contributed by atoms with van der Waals surface area (Å²) in [4.78, 5) is 17.5. The third-order valence-electron chi connectivity index (χ3n) is 4.52. The number of benzene rings is 3. The molecule has 0 spiro atoms. The Bertz CT molecular complexity index is 1200. The molecule has 0 aliphatic carbocycles. The van der Waals surface area contributed by atoms with E-state index in [1.807, 2.05) is 66.7 Å². The van der Waals surface area contributed by atoms with Crippen LogP contribution in [0, 0.1) is 0 Å². The fourth-order valence-electron chi connectivity index (χ4n) is 3.09. The highest BCUT2D eigenvalue weighted by atomic mass is 32.1. The van der Waals surface area contributed by atoms with Crippen molar-refractivity contribution in [3.05, 3.63) is 88.9 Å². The van der Waals surface area contributed by atoms with Crippen molar-refractivity contribution in [2.24, 2.45) is 0 Å². The smallest absolute Gasteiger partial charge is 0.255 e. The fourth-order valence-corrected chi connectivity index (χ4v) is 4.03.